The van der Waals surface area contributed by atoms with Crippen LogP contribution in [0, 0.1) is 11.2 Å². The van der Waals surface area contributed by atoms with Crippen molar-refractivity contribution in [2.24, 2.45) is 5.41 Å². The fourth-order valence-electron chi connectivity index (χ4n) is 3.45. The van der Waals surface area contributed by atoms with E-state index in [0.29, 0.717) is 12.5 Å². The summed E-state index contributed by atoms with van der Waals surface area (Å²) in [7, 11) is 0. The SMILES string of the molecule is CC1(COc2ccc(F)cc2C2CCCC2)CCNC1.Cl. The maximum atomic E-state index is 13.6. The van der Waals surface area contributed by atoms with Crippen LogP contribution in [0.1, 0.15) is 50.5 Å². The van der Waals surface area contributed by atoms with E-state index in [1.54, 1.807) is 6.07 Å². The molecule has 1 aliphatic heterocycles. The maximum Gasteiger partial charge on any atom is 0.123 e. The molecule has 21 heavy (non-hydrogen) atoms. The maximum absolute atomic E-state index is 13.6. The quantitative estimate of drug-likeness (QED) is 0.895. The highest BCUT2D eigenvalue weighted by Crippen LogP contribution is 2.39. The van der Waals surface area contributed by atoms with E-state index < -0.39 is 0 Å². The van der Waals surface area contributed by atoms with Crippen molar-refractivity contribution in [1.82, 2.24) is 5.32 Å². The van der Waals surface area contributed by atoms with Gasteiger partial charge in [0.15, 0.2) is 0 Å². The van der Waals surface area contributed by atoms with Gasteiger partial charge in [-0.05, 0) is 49.9 Å². The number of hydrogen-bond acceptors (Lipinski definition) is 2. The first-order valence-electron chi connectivity index (χ1n) is 7.79. The molecule has 2 fully saturated rings. The third-order valence-corrected chi connectivity index (χ3v) is 4.80. The van der Waals surface area contributed by atoms with E-state index in [0.717, 1.165) is 30.8 Å². The third kappa shape index (κ3) is 3.89. The van der Waals surface area contributed by atoms with Gasteiger partial charge in [-0.25, -0.2) is 4.39 Å². The first-order chi connectivity index (χ1) is 9.66. The highest BCUT2D eigenvalue weighted by atomic mass is 35.5. The Hall–Kier alpha value is -0.800. The molecule has 1 saturated heterocycles. The Labute approximate surface area is 132 Å². The second-order valence-corrected chi connectivity index (χ2v) is 6.69. The van der Waals surface area contributed by atoms with Crippen molar-refractivity contribution in [3.63, 3.8) is 0 Å². The smallest absolute Gasteiger partial charge is 0.123 e. The number of hydrogen-bond donors (Lipinski definition) is 1. The highest BCUT2D eigenvalue weighted by molar-refractivity contribution is 5.85. The Morgan fingerprint density at radius 1 is 1.33 bits per heavy atom. The molecule has 4 heteroatoms. The van der Waals surface area contributed by atoms with E-state index in [4.69, 9.17) is 4.74 Å². The summed E-state index contributed by atoms with van der Waals surface area (Å²) in [5.41, 5.74) is 1.29. The van der Waals surface area contributed by atoms with Crippen LogP contribution in [-0.4, -0.2) is 19.7 Å². The summed E-state index contributed by atoms with van der Waals surface area (Å²) in [6.07, 6.45) is 5.98. The van der Waals surface area contributed by atoms with Crippen LogP contribution in [0.2, 0.25) is 0 Å². The monoisotopic (exact) mass is 313 g/mol. The molecule has 1 aromatic rings. The summed E-state index contributed by atoms with van der Waals surface area (Å²) < 4.78 is 19.6. The third-order valence-electron chi connectivity index (χ3n) is 4.80. The van der Waals surface area contributed by atoms with Crippen molar-refractivity contribution >= 4 is 12.4 Å². The molecular formula is C17H25ClFNO. The largest absolute Gasteiger partial charge is 0.493 e. The highest BCUT2D eigenvalue weighted by Gasteiger charge is 2.30. The predicted octanol–water partition coefficient (Wildman–Crippen LogP) is 4.28. The van der Waals surface area contributed by atoms with Gasteiger partial charge < -0.3 is 10.1 Å². The zero-order chi connectivity index (χ0) is 14.0. The number of halogens is 2. The molecule has 1 N–H and O–H groups in total. The second-order valence-electron chi connectivity index (χ2n) is 6.69. The standard InChI is InChI=1S/C17H24FNO.ClH/c1-17(8-9-19-11-17)12-20-16-7-6-14(18)10-15(16)13-4-2-3-5-13;/h6-7,10,13,19H,2-5,8-9,11-12H2,1H3;1H. The van der Waals surface area contributed by atoms with E-state index in [1.807, 2.05) is 6.07 Å². The molecular weight excluding hydrogens is 289 g/mol. The minimum atomic E-state index is -0.145. The van der Waals surface area contributed by atoms with E-state index in [1.165, 1.54) is 31.7 Å². The minimum absolute atomic E-state index is 0. The van der Waals surface area contributed by atoms with E-state index in [9.17, 15) is 4.39 Å². The van der Waals surface area contributed by atoms with Gasteiger partial charge in [0.25, 0.3) is 0 Å². The minimum Gasteiger partial charge on any atom is -0.493 e. The summed E-state index contributed by atoms with van der Waals surface area (Å²) in [6.45, 7) is 5.04. The molecule has 2 nitrogen and oxygen atoms in total. The number of rotatable bonds is 4. The van der Waals surface area contributed by atoms with Gasteiger partial charge in [0, 0.05) is 17.5 Å². The first kappa shape index (κ1) is 16.6. The average molecular weight is 314 g/mol. The van der Waals surface area contributed by atoms with Crippen molar-refractivity contribution in [2.75, 3.05) is 19.7 Å². The van der Waals surface area contributed by atoms with Gasteiger partial charge >= 0.3 is 0 Å². The Balaban J connectivity index is 0.00000161. The zero-order valence-corrected chi connectivity index (χ0v) is 13.5. The van der Waals surface area contributed by atoms with Gasteiger partial charge in [0.1, 0.15) is 11.6 Å². The fourth-order valence-corrected chi connectivity index (χ4v) is 3.45. The number of nitrogens with one attached hydrogen (secondary N) is 1. The van der Waals surface area contributed by atoms with E-state index in [2.05, 4.69) is 12.2 Å². The molecule has 118 valence electrons. The lowest BCUT2D eigenvalue weighted by molar-refractivity contribution is 0.178. The van der Waals surface area contributed by atoms with Crippen LogP contribution in [0.3, 0.4) is 0 Å². The molecule has 1 saturated carbocycles. The molecule has 0 spiro atoms. The molecule has 0 bridgehead atoms. The number of benzene rings is 1. The van der Waals surface area contributed by atoms with Crippen LogP contribution in [0.4, 0.5) is 4.39 Å². The summed E-state index contributed by atoms with van der Waals surface area (Å²) in [6, 6.07) is 5.01. The normalized spacial score (nSPS) is 25.8. The van der Waals surface area contributed by atoms with Crippen LogP contribution in [0.25, 0.3) is 0 Å². The van der Waals surface area contributed by atoms with Crippen LogP contribution in [0.5, 0.6) is 5.75 Å². The molecule has 0 amide bonds. The molecule has 1 heterocycles. The summed E-state index contributed by atoms with van der Waals surface area (Å²) >= 11 is 0. The Bertz CT molecular complexity index is 468. The van der Waals surface area contributed by atoms with Gasteiger partial charge in [0.2, 0.25) is 0 Å². The molecule has 0 aromatic heterocycles. The first-order valence-corrected chi connectivity index (χ1v) is 7.79. The lowest BCUT2D eigenvalue weighted by atomic mass is 9.91. The summed E-state index contributed by atoms with van der Waals surface area (Å²) in [5.74, 6) is 1.23. The van der Waals surface area contributed by atoms with Crippen LogP contribution < -0.4 is 10.1 Å². The molecule has 0 radical (unpaired) electrons. The average Bonchev–Trinajstić information content (AvgIpc) is 3.09. The van der Waals surface area contributed by atoms with Gasteiger partial charge in [0.05, 0.1) is 6.61 Å². The van der Waals surface area contributed by atoms with Crippen molar-refractivity contribution in [3.8, 4) is 5.75 Å². The number of ether oxygens (including phenoxy) is 1. The predicted molar refractivity (Wildman–Crippen MR) is 85.9 cm³/mol. The van der Waals surface area contributed by atoms with Crippen molar-refractivity contribution in [2.45, 2.75) is 44.9 Å². The Morgan fingerprint density at radius 2 is 2.10 bits per heavy atom. The molecule has 1 aliphatic carbocycles. The van der Waals surface area contributed by atoms with Crippen molar-refractivity contribution in [3.05, 3.63) is 29.6 Å². The topological polar surface area (TPSA) is 21.3 Å². The Morgan fingerprint density at radius 3 is 2.76 bits per heavy atom. The zero-order valence-electron chi connectivity index (χ0n) is 12.7. The molecule has 3 rings (SSSR count). The van der Waals surface area contributed by atoms with Gasteiger partial charge in [-0.2, -0.15) is 0 Å². The van der Waals surface area contributed by atoms with E-state index >= 15 is 0 Å². The molecule has 2 aliphatic rings. The van der Waals surface area contributed by atoms with Crippen molar-refractivity contribution in [1.29, 1.82) is 0 Å². The second kappa shape index (κ2) is 6.97. The van der Waals surface area contributed by atoms with Gasteiger partial charge in [-0.15, -0.1) is 12.4 Å². The molecule has 1 unspecified atom stereocenters. The fraction of sp³-hybridized carbons (Fsp3) is 0.647. The van der Waals surface area contributed by atoms with Gasteiger partial charge in [-0.1, -0.05) is 19.8 Å². The summed E-state index contributed by atoms with van der Waals surface area (Å²) in [5, 5.41) is 3.39. The summed E-state index contributed by atoms with van der Waals surface area (Å²) in [4.78, 5) is 0. The lowest BCUT2D eigenvalue weighted by Crippen LogP contribution is -2.27. The molecule has 1 aromatic carbocycles. The van der Waals surface area contributed by atoms with Gasteiger partial charge in [-0.3, -0.25) is 0 Å². The lowest BCUT2D eigenvalue weighted by Gasteiger charge is -2.24. The molecule has 1 atom stereocenters. The van der Waals surface area contributed by atoms with Crippen LogP contribution in [-0.2, 0) is 0 Å². The van der Waals surface area contributed by atoms with E-state index in [-0.39, 0.29) is 23.6 Å². The Kier molecular flexibility index (Phi) is 5.50. The van der Waals surface area contributed by atoms with Crippen LogP contribution in [0.15, 0.2) is 18.2 Å². The van der Waals surface area contributed by atoms with Crippen LogP contribution >= 0.6 is 12.4 Å². The van der Waals surface area contributed by atoms with Crippen molar-refractivity contribution < 1.29 is 9.13 Å².